The molecule has 5 nitrogen and oxygen atoms in total. The van der Waals surface area contributed by atoms with Crippen LogP contribution in [0.3, 0.4) is 0 Å². The predicted octanol–water partition coefficient (Wildman–Crippen LogP) is 3.66. The Hall–Kier alpha value is -3.60. The molecule has 3 aromatic rings. The fourth-order valence-corrected chi connectivity index (χ4v) is 2.18. The molecule has 25 heavy (non-hydrogen) atoms. The van der Waals surface area contributed by atoms with E-state index in [1.54, 1.807) is 0 Å². The van der Waals surface area contributed by atoms with E-state index in [-0.39, 0.29) is 22.6 Å². The molecular weight excluding hydrogens is 318 g/mol. The first kappa shape index (κ1) is 17.7. The van der Waals surface area contributed by atoms with Crippen LogP contribution < -0.4 is 5.73 Å². The lowest BCUT2D eigenvalue weighted by Gasteiger charge is -2.03. The van der Waals surface area contributed by atoms with Gasteiger partial charge in [0.05, 0.1) is 11.1 Å². The Kier molecular flexibility index (Phi) is 5.90. The van der Waals surface area contributed by atoms with Crippen LogP contribution in [0.5, 0.6) is 11.5 Å². The van der Waals surface area contributed by atoms with Crippen molar-refractivity contribution in [3.05, 3.63) is 77.9 Å². The summed E-state index contributed by atoms with van der Waals surface area (Å²) < 4.78 is 0. The lowest BCUT2D eigenvalue weighted by molar-refractivity contribution is 0.110. The SMILES string of the molecule is Nc1ccccc1-c1ccccc1.O=Cc1cc(O)c(C=O)cc1O. The van der Waals surface area contributed by atoms with E-state index in [0.29, 0.717) is 12.6 Å². The minimum Gasteiger partial charge on any atom is -0.507 e. The summed E-state index contributed by atoms with van der Waals surface area (Å²) in [4.78, 5) is 20.4. The molecule has 3 rings (SSSR count). The molecule has 3 aromatic carbocycles. The number of benzene rings is 3. The van der Waals surface area contributed by atoms with Crippen LogP contribution in [0, 0.1) is 0 Å². The molecule has 5 heteroatoms. The summed E-state index contributed by atoms with van der Waals surface area (Å²) in [6, 6.07) is 20.1. The van der Waals surface area contributed by atoms with Crippen molar-refractivity contribution in [2.24, 2.45) is 0 Å². The Morgan fingerprint density at radius 1 is 0.720 bits per heavy atom. The van der Waals surface area contributed by atoms with Crippen molar-refractivity contribution in [2.45, 2.75) is 0 Å². The first-order valence-corrected chi connectivity index (χ1v) is 7.43. The summed E-state index contributed by atoms with van der Waals surface area (Å²) in [6.07, 6.45) is 0.785. The summed E-state index contributed by atoms with van der Waals surface area (Å²) >= 11 is 0. The third-order valence-electron chi connectivity index (χ3n) is 3.48. The number of aromatic hydroxyl groups is 2. The quantitative estimate of drug-likeness (QED) is 0.385. The van der Waals surface area contributed by atoms with Gasteiger partial charge >= 0.3 is 0 Å². The van der Waals surface area contributed by atoms with Gasteiger partial charge in [-0.25, -0.2) is 0 Å². The second-order valence-corrected chi connectivity index (χ2v) is 5.16. The highest BCUT2D eigenvalue weighted by Gasteiger charge is 2.06. The Balaban J connectivity index is 0.000000181. The Morgan fingerprint density at radius 2 is 1.20 bits per heavy atom. The van der Waals surface area contributed by atoms with E-state index in [1.165, 1.54) is 5.56 Å². The average molecular weight is 335 g/mol. The fourth-order valence-electron chi connectivity index (χ4n) is 2.18. The van der Waals surface area contributed by atoms with Gasteiger partial charge in [0.25, 0.3) is 0 Å². The van der Waals surface area contributed by atoms with Gasteiger partial charge in [-0.1, -0.05) is 48.5 Å². The van der Waals surface area contributed by atoms with Crippen molar-refractivity contribution in [3.8, 4) is 22.6 Å². The highest BCUT2D eigenvalue weighted by atomic mass is 16.3. The maximum atomic E-state index is 10.2. The van der Waals surface area contributed by atoms with Crippen LogP contribution in [0.2, 0.25) is 0 Å². The van der Waals surface area contributed by atoms with Crippen LogP contribution in [-0.4, -0.2) is 22.8 Å². The van der Waals surface area contributed by atoms with Crippen molar-refractivity contribution < 1.29 is 19.8 Å². The maximum absolute atomic E-state index is 10.2. The zero-order valence-corrected chi connectivity index (χ0v) is 13.3. The second-order valence-electron chi connectivity index (χ2n) is 5.16. The van der Waals surface area contributed by atoms with E-state index in [0.717, 1.165) is 23.4 Å². The summed E-state index contributed by atoms with van der Waals surface area (Å²) in [7, 11) is 0. The standard InChI is InChI=1S/C12H11N.C8H6O4/c13-12-9-5-4-8-11(12)10-6-2-1-3-7-10;9-3-5-1-7(11)6(4-10)2-8(5)12/h1-9H,13H2;1-4,11-12H. The number of rotatable bonds is 3. The third-order valence-corrected chi connectivity index (χ3v) is 3.48. The second kappa shape index (κ2) is 8.31. The lowest BCUT2D eigenvalue weighted by atomic mass is 10.0. The largest absolute Gasteiger partial charge is 0.507 e. The molecule has 0 amide bonds. The van der Waals surface area contributed by atoms with Gasteiger partial charge in [-0.3, -0.25) is 9.59 Å². The number of nitrogens with two attached hydrogens (primary N) is 1. The van der Waals surface area contributed by atoms with Gasteiger partial charge in [-0.05, 0) is 23.8 Å². The molecule has 0 spiro atoms. The number of phenolic OH excluding ortho intramolecular Hbond substituents is 2. The van der Waals surface area contributed by atoms with E-state index in [1.807, 2.05) is 42.5 Å². The topological polar surface area (TPSA) is 101 Å². The summed E-state index contributed by atoms with van der Waals surface area (Å²) in [6.45, 7) is 0. The van der Waals surface area contributed by atoms with E-state index in [2.05, 4.69) is 12.1 Å². The normalized spacial score (nSPS) is 9.60. The smallest absolute Gasteiger partial charge is 0.153 e. The molecule has 0 aliphatic rings. The molecule has 0 radical (unpaired) electrons. The number of carbonyl (C=O) groups excluding carboxylic acids is 2. The zero-order valence-electron chi connectivity index (χ0n) is 13.3. The molecule has 0 fully saturated rings. The van der Waals surface area contributed by atoms with Crippen LogP contribution in [0.25, 0.3) is 11.1 Å². The van der Waals surface area contributed by atoms with Crippen LogP contribution in [0.15, 0.2) is 66.7 Å². The van der Waals surface area contributed by atoms with Gasteiger partial charge in [0.15, 0.2) is 12.6 Å². The minimum atomic E-state index is -0.315. The van der Waals surface area contributed by atoms with Crippen molar-refractivity contribution in [3.63, 3.8) is 0 Å². The molecule has 0 aliphatic carbocycles. The highest BCUT2D eigenvalue weighted by molar-refractivity contribution is 5.86. The zero-order chi connectivity index (χ0) is 18.2. The lowest BCUT2D eigenvalue weighted by Crippen LogP contribution is -1.88. The Bertz CT molecular complexity index is 842. The highest BCUT2D eigenvalue weighted by Crippen LogP contribution is 2.25. The molecule has 0 unspecified atom stereocenters. The molecule has 126 valence electrons. The molecule has 0 saturated carbocycles. The molecule has 4 N–H and O–H groups in total. The van der Waals surface area contributed by atoms with Gasteiger partial charge in [0.2, 0.25) is 0 Å². The molecule has 0 aromatic heterocycles. The number of nitrogen functional groups attached to an aromatic ring is 1. The number of anilines is 1. The fraction of sp³-hybridized carbons (Fsp3) is 0. The number of phenols is 2. The van der Waals surface area contributed by atoms with Crippen molar-refractivity contribution >= 4 is 18.3 Å². The number of aldehydes is 2. The van der Waals surface area contributed by atoms with Crippen LogP contribution in [0.4, 0.5) is 5.69 Å². The average Bonchev–Trinajstić information content (AvgIpc) is 2.65. The van der Waals surface area contributed by atoms with Crippen molar-refractivity contribution in [1.29, 1.82) is 0 Å². The molecule has 0 atom stereocenters. The van der Waals surface area contributed by atoms with Crippen LogP contribution in [-0.2, 0) is 0 Å². The molecule has 0 bridgehead atoms. The summed E-state index contributed by atoms with van der Waals surface area (Å²) in [5.41, 5.74) is 8.86. The van der Waals surface area contributed by atoms with Gasteiger partial charge in [-0.2, -0.15) is 0 Å². The first-order chi connectivity index (χ1) is 12.1. The first-order valence-electron chi connectivity index (χ1n) is 7.43. The number of hydrogen-bond acceptors (Lipinski definition) is 5. The van der Waals surface area contributed by atoms with Crippen LogP contribution >= 0.6 is 0 Å². The number of carbonyl (C=O) groups is 2. The predicted molar refractivity (Wildman–Crippen MR) is 96.8 cm³/mol. The minimum absolute atomic E-state index is 0.0434. The molecule has 0 heterocycles. The van der Waals surface area contributed by atoms with E-state index in [9.17, 15) is 9.59 Å². The van der Waals surface area contributed by atoms with Gasteiger partial charge in [-0.15, -0.1) is 0 Å². The molecule has 0 saturated heterocycles. The Labute approximate surface area is 145 Å². The maximum Gasteiger partial charge on any atom is 0.153 e. The van der Waals surface area contributed by atoms with Gasteiger partial charge in [0.1, 0.15) is 11.5 Å². The summed E-state index contributed by atoms with van der Waals surface area (Å²) in [5, 5.41) is 18.1. The number of para-hydroxylation sites is 1. The van der Waals surface area contributed by atoms with E-state index >= 15 is 0 Å². The van der Waals surface area contributed by atoms with E-state index < -0.39 is 0 Å². The number of hydrogen-bond donors (Lipinski definition) is 3. The van der Waals surface area contributed by atoms with Gasteiger partial charge < -0.3 is 15.9 Å². The Morgan fingerprint density at radius 3 is 1.68 bits per heavy atom. The van der Waals surface area contributed by atoms with Crippen molar-refractivity contribution in [1.82, 2.24) is 0 Å². The molecular formula is C20H17NO4. The van der Waals surface area contributed by atoms with Crippen molar-refractivity contribution in [2.75, 3.05) is 5.73 Å². The molecule has 0 aliphatic heterocycles. The summed E-state index contributed by atoms with van der Waals surface area (Å²) in [5.74, 6) is -0.630. The van der Waals surface area contributed by atoms with Crippen LogP contribution in [0.1, 0.15) is 20.7 Å². The third kappa shape index (κ3) is 4.45. The monoisotopic (exact) mass is 335 g/mol. The van der Waals surface area contributed by atoms with E-state index in [4.69, 9.17) is 15.9 Å². The van der Waals surface area contributed by atoms with Gasteiger partial charge in [0, 0.05) is 11.3 Å².